The number of hydrogen-bond acceptors (Lipinski definition) is 6. The van der Waals surface area contributed by atoms with Crippen molar-refractivity contribution in [3.8, 4) is 5.75 Å². The molecule has 0 aliphatic heterocycles. The molecule has 0 bridgehead atoms. The minimum Gasteiger partial charge on any atom is -0.465 e. The van der Waals surface area contributed by atoms with Crippen molar-refractivity contribution in [2.75, 3.05) is 23.3 Å². The van der Waals surface area contributed by atoms with E-state index < -0.39 is 34.0 Å². The lowest BCUT2D eigenvalue weighted by Crippen LogP contribution is -2.31. The molecule has 3 rings (SSSR count). The summed E-state index contributed by atoms with van der Waals surface area (Å²) in [5.41, 5.74) is 1.44. The number of amides is 1. The molecule has 37 heavy (non-hydrogen) atoms. The number of nitrogens with zero attached hydrogens (tertiary/aromatic N) is 1. The van der Waals surface area contributed by atoms with E-state index in [0.717, 1.165) is 16.4 Å². The van der Waals surface area contributed by atoms with Gasteiger partial charge in [0.05, 0.1) is 23.3 Å². The molecule has 0 aliphatic carbocycles. The van der Waals surface area contributed by atoms with Gasteiger partial charge in [0.1, 0.15) is 5.75 Å². The highest BCUT2D eigenvalue weighted by Crippen LogP contribution is 2.27. The molecule has 12 heteroatoms. The van der Waals surface area contributed by atoms with Gasteiger partial charge in [0.15, 0.2) is 0 Å². The number of carbonyl (C=O) groups excluding carboxylic acids is 2. The fraction of sp³-hybridized carbons (Fsp3) is 0.200. The maximum absolute atomic E-state index is 13.3. The molecule has 0 spiro atoms. The summed E-state index contributed by atoms with van der Waals surface area (Å²) in [6.07, 6.45) is -4.84. The van der Waals surface area contributed by atoms with Crippen LogP contribution in [0.4, 0.5) is 24.5 Å². The molecule has 8 nitrogen and oxygen atoms in total. The van der Waals surface area contributed by atoms with Gasteiger partial charge in [-0.05, 0) is 80.1 Å². The van der Waals surface area contributed by atoms with Gasteiger partial charge >= 0.3 is 12.3 Å². The van der Waals surface area contributed by atoms with Crippen molar-refractivity contribution in [1.82, 2.24) is 0 Å². The van der Waals surface area contributed by atoms with Crippen LogP contribution in [0, 0.1) is 6.92 Å². The van der Waals surface area contributed by atoms with Crippen LogP contribution in [0.15, 0.2) is 71.6 Å². The van der Waals surface area contributed by atoms with E-state index in [4.69, 9.17) is 4.74 Å². The average molecular weight is 537 g/mol. The highest BCUT2D eigenvalue weighted by molar-refractivity contribution is 7.92. The normalized spacial score (nSPS) is 11.5. The quantitative estimate of drug-likeness (QED) is 0.400. The second-order valence-electron chi connectivity index (χ2n) is 7.71. The molecule has 3 aromatic rings. The highest BCUT2D eigenvalue weighted by atomic mass is 32.2. The summed E-state index contributed by atoms with van der Waals surface area (Å²) in [5, 5.41) is 2.59. The predicted octanol–water partition coefficient (Wildman–Crippen LogP) is 5.15. The molecule has 196 valence electrons. The lowest BCUT2D eigenvalue weighted by molar-refractivity contribution is -0.274. The Hall–Kier alpha value is -4.06. The molecular formula is C25H23F3N2O6S. The lowest BCUT2D eigenvalue weighted by Gasteiger charge is -2.23. The highest BCUT2D eigenvalue weighted by Gasteiger charge is 2.31. The van der Waals surface area contributed by atoms with Crippen LogP contribution in [0.25, 0.3) is 0 Å². The summed E-state index contributed by atoms with van der Waals surface area (Å²) in [5.74, 6) is -1.69. The van der Waals surface area contributed by atoms with Crippen LogP contribution < -0.4 is 14.4 Å². The first kappa shape index (κ1) is 27.5. The number of halogens is 3. The Bertz CT molecular complexity index is 1390. The van der Waals surface area contributed by atoms with Crippen molar-refractivity contribution < 1.29 is 40.7 Å². The third-order valence-corrected chi connectivity index (χ3v) is 7.15. The summed E-state index contributed by atoms with van der Waals surface area (Å²) in [4.78, 5) is 24.4. The summed E-state index contributed by atoms with van der Waals surface area (Å²) in [6, 6.07) is 14.5. The first-order valence-corrected chi connectivity index (χ1v) is 12.3. The van der Waals surface area contributed by atoms with Crippen LogP contribution in [-0.4, -0.2) is 40.3 Å². The minimum atomic E-state index is -4.84. The van der Waals surface area contributed by atoms with Gasteiger partial charge in [0, 0.05) is 17.8 Å². The zero-order chi connectivity index (χ0) is 27.4. The second kappa shape index (κ2) is 10.9. The average Bonchev–Trinajstić information content (AvgIpc) is 2.84. The molecule has 0 radical (unpaired) electrons. The Morgan fingerprint density at radius 3 is 2.14 bits per heavy atom. The first-order valence-electron chi connectivity index (χ1n) is 10.8. The standard InChI is InChI=1S/C25H23F3N2O6S/c1-4-30(37(33,34)21-14-5-16(2)22(15-21)24(32)35-3)19-10-8-18(9-11-19)29-23(31)17-6-12-20(13-7-17)36-25(26,27)28/h5-15H,4H2,1-3H3,(H,29,31). The Labute approximate surface area is 211 Å². The fourth-order valence-electron chi connectivity index (χ4n) is 3.43. The molecule has 1 amide bonds. The smallest absolute Gasteiger partial charge is 0.465 e. The van der Waals surface area contributed by atoms with Gasteiger partial charge in [-0.3, -0.25) is 9.10 Å². The van der Waals surface area contributed by atoms with Crippen LogP contribution in [0.2, 0.25) is 0 Å². The van der Waals surface area contributed by atoms with E-state index in [2.05, 4.69) is 10.1 Å². The van der Waals surface area contributed by atoms with E-state index in [1.807, 2.05) is 0 Å². The van der Waals surface area contributed by atoms with Gasteiger partial charge in [-0.2, -0.15) is 0 Å². The third-order valence-electron chi connectivity index (χ3n) is 5.25. The molecule has 0 fully saturated rings. The predicted molar refractivity (Wildman–Crippen MR) is 130 cm³/mol. The van der Waals surface area contributed by atoms with Crippen molar-refractivity contribution in [3.63, 3.8) is 0 Å². The number of hydrogen-bond donors (Lipinski definition) is 1. The lowest BCUT2D eigenvalue weighted by atomic mass is 10.1. The number of nitrogens with one attached hydrogen (secondary N) is 1. The molecule has 0 unspecified atom stereocenters. The summed E-state index contributed by atoms with van der Waals surface area (Å²) in [6.45, 7) is 3.40. The maximum atomic E-state index is 13.3. The SMILES string of the molecule is CCN(c1ccc(NC(=O)c2ccc(OC(F)(F)F)cc2)cc1)S(=O)(=O)c1ccc(C)c(C(=O)OC)c1. The number of rotatable bonds is 8. The number of esters is 1. The Morgan fingerprint density at radius 2 is 1.59 bits per heavy atom. The molecule has 3 aromatic carbocycles. The Morgan fingerprint density at radius 1 is 0.973 bits per heavy atom. The molecule has 0 saturated carbocycles. The van der Waals surface area contributed by atoms with Gasteiger partial charge in [0.2, 0.25) is 0 Å². The van der Waals surface area contributed by atoms with Crippen LogP contribution in [-0.2, 0) is 14.8 Å². The van der Waals surface area contributed by atoms with E-state index in [9.17, 15) is 31.2 Å². The molecule has 0 aliphatic rings. The van der Waals surface area contributed by atoms with Crippen LogP contribution in [0.5, 0.6) is 5.75 Å². The Balaban J connectivity index is 1.78. The molecular weight excluding hydrogens is 513 g/mol. The Kier molecular flexibility index (Phi) is 8.12. The van der Waals surface area contributed by atoms with Crippen molar-refractivity contribution in [2.24, 2.45) is 0 Å². The monoisotopic (exact) mass is 536 g/mol. The topological polar surface area (TPSA) is 102 Å². The van der Waals surface area contributed by atoms with Gasteiger partial charge in [-0.1, -0.05) is 6.07 Å². The van der Waals surface area contributed by atoms with Crippen LogP contribution in [0.1, 0.15) is 33.2 Å². The number of alkyl halides is 3. The number of benzene rings is 3. The van der Waals surface area contributed by atoms with E-state index >= 15 is 0 Å². The van der Waals surface area contributed by atoms with E-state index in [1.54, 1.807) is 13.8 Å². The molecule has 1 N–H and O–H groups in total. The van der Waals surface area contributed by atoms with Gasteiger partial charge in [0.25, 0.3) is 15.9 Å². The third kappa shape index (κ3) is 6.58. The van der Waals surface area contributed by atoms with Crippen molar-refractivity contribution >= 4 is 33.3 Å². The zero-order valence-corrected chi connectivity index (χ0v) is 20.8. The number of aryl methyl sites for hydroxylation is 1. The number of anilines is 2. The molecule has 0 aromatic heterocycles. The molecule has 0 atom stereocenters. The summed E-state index contributed by atoms with van der Waals surface area (Å²) >= 11 is 0. The van der Waals surface area contributed by atoms with Crippen molar-refractivity contribution in [2.45, 2.75) is 25.1 Å². The summed E-state index contributed by atoms with van der Waals surface area (Å²) in [7, 11) is -2.83. The van der Waals surface area contributed by atoms with E-state index in [-0.39, 0.29) is 22.6 Å². The van der Waals surface area contributed by atoms with Gasteiger partial charge in [-0.15, -0.1) is 13.2 Å². The molecule has 0 heterocycles. The van der Waals surface area contributed by atoms with Crippen LogP contribution in [0.3, 0.4) is 0 Å². The van der Waals surface area contributed by atoms with E-state index in [0.29, 0.717) is 16.9 Å². The zero-order valence-electron chi connectivity index (χ0n) is 20.0. The van der Waals surface area contributed by atoms with Crippen molar-refractivity contribution in [3.05, 3.63) is 83.4 Å². The van der Waals surface area contributed by atoms with E-state index in [1.165, 1.54) is 61.7 Å². The number of ether oxygens (including phenoxy) is 2. The maximum Gasteiger partial charge on any atom is 0.573 e. The summed E-state index contributed by atoms with van der Waals surface area (Å²) < 4.78 is 73.2. The minimum absolute atomic E-state index is 0.0851. The van der Waals surface area contributed by atoms with Gasteiger partial charge in [-0.25, -0.2) is 13.2 Å². The number of methoxy groups -OCH3 is 1. The van der Waals surface area contributed by atoms with Crippen molar-refractivity contribution in [1.29, 1.82) is 0 Å². The first-order chi connectivity index (χ1) is 17.4. The molecule has 0 saturated heterocycles. The van der Waals surface area contributed by atoms with Gasteiger partial charge < -0.3 is 14.8 Å². The number of carbonyl (C=O) groups is 2. The van der Waals surface area contributed by atoms with Crippen LogP contribution >= 0.6 is 0 Å². The fourth-order valence-corrected chi connectivity index (χ4v) is 4.93. The number of sulfonamides is 1. The second-order valence-corrected chi connectivity index (χ2v) is 9.57. The largest absolute Gasteiger partial charge is 0.573 e.